The van der Waals surface area contributed by atoms with E-state index in [4.69, 9.17) is 0 Å². The van der Waals surface area contributed by atoms with Crippen molar-refractivity contribution < 1.29 is 17.2 Å². The predicted octanol–water partition coefficient (Wildman–Crippen LogP) is 1.90. The van der Waals surface area contributed by atoms with Crippen LogP contribution in [0.2, 0.25) is 0 Å². The topological polar surface area (TPSA) is 34.1 Å². The van der Waals surface area contributed by atoms with Crippen LogP contribution in [0.4, 0.5) is 8.78 Å². The molecule has 0 atom stereocenters. The number of halogens is 2. The maximum atomic E-state index is 12.7. The lowest BCUT2D eigenvalue weighted by Crippen LogP contribution is -2.06. The molecule has 0 N–H and O–H groups in total. The maximum absolute atomic E-state index is 12.7. The summed E-state index contributed by atoms with van der Waals surface area (Å²) >= 11 is 0. The fraction of sp³-hybridized carbons (Fsp3) is 0.333. The summed E-state index contributed by atoms with van der Waals surface area (Å²) in [5.41, 5.74) is 0.269. The van der Waals surface area contributed by atoms with Crippen LogP contribution < -0.4 is 0 Å². The lowest BCUT2D eigenvalue weighted by Gasteiger charge is -2.01. The molecule has 0 saturated carbocycles. The van der Waals surface area contributed by atoms with E-state index in [1.165, 1.54) is 13.0 Å². The van der Waals surface area contributed by atoms with Crippen LogP contribution in [-0.4, -0.2) is 14.2 Å². The Morgan fingerprint density at radius 2 is 1.86 bits per heavy atom. The number of sulfone groups is 1. The minimum atomic E-state index is -3.19. The number of hydrogen-bond donors (Lipinski definition) is 0. The molecule has 0 aliphatic heterocycles. The molecule has 1 aromatic carbocycles. The lowest BCUT2D eigenvalue weighted by atomic mass is 10.2. The Morgan fingerprint density at radius 1 is 1.21 bits per heavy atom. The van der Waals surface area contributed by atoms with E-state index in [2.05, 4.69) is 0 Å². The molecule has 1 rings (SSSR count). The third kappa shape index (κ3) is 2.77. The molecule has 0 heterocycles. The zero-order valence-electron chi connectivity index (χ0n) is 7.63. The molecule has 0 aliphatic rings. The average molecular weight is 220 g/mol. The van der Waals surface area contributed by atoms with Gasteiger partial charge in [0, 0.05) is 5.75 Å². The van der Waals surface area contributed by atoms with E-state index in [-0.39, 0.29) is 17.1 Å². The van der Waals surface area contributed by atoms with Crippen molar-refractivity contribution in [1.82, 2.24) is 0 Å². The zero-order valence-corrected chi connectivity index (χ0v) is 8.44. The van der Waals surface area contributed by atoms with Crippen LogP contribution in [0, 0.1) is 11.6 Å². The van der Waals surface area contributed by atoms with Gasteiger partial charge in [0.05, 0.1) is 5.75 Å². The highest BCUT2D eigenvalue weighted by molar-refractivity contribution is 7.90. The van der Waals surface area contributed by atoms with E-state index in [0.29, 0.717) is 0 Å². The number of rotatable bonds is 3. The molecule has 0 aliphatic carbocycles. The number of hydrogen-bond acceptors (Lipinski definition) is 2. The van der Waals surface area contributed by atoms with Crippen molar-refractivity contribution in [2.24, 2.45) is 0 Å². The Bertz CT molecular complexity index is 426. The standard InChI is InChI=1S/C9H10F2O2S/c1-2-14(12,13)6-7-3-4-8(10)9(11)5-7/h3-5H,2,6H2,1H3. The first kappa shape index (κ1) is 11.1. The van der Waals surface area contributed by atoms with Crippen LogP contribution >= 0.6 is 0 Å². The fourth-order valence-corrected chi connectivity index (χ4v) is 1.88. The van der Waals surface area contributed by atoms with Gasteiger partial charge in [0.2, 0.25) is 0 Å². The SMILES string of the molecule is CCS(=O)(=O)Cc1ccc(F)c(F)c1. The minimum Gasteiger partial charge on any atom is -0.229 e. The van der Waals surface area contributed by atoms with Crippen molar-refractivity contribution in [2.75, 3.05) is 5.75 Å². The third-order valence-electron chi connectivity index (χ3n) is 1.81. The Hall–Kier alpha value is -0.970. The fourth-order valence-electron chi connectivity index (χ4n) is 0.985. The van der Waals surface area contributed by atoms with Crippen LogP contribution in [0.25, 0.3) is 0 Å². The van der Waals surface area contributed by atoms with E-state index < -0.39 is 21.5 Å². The zero-order chi connectivity index (χ0) is 10.8. The van der Waals surface area contributed by atoms with Gasteiger partial charge in [0.15, 0.2) is 21.5 Å². The van der Waals surface area contributed by atoms with Crippen molar-refractivity contribution in [1.29, 1.82) is 0 Å². The molecular formula is C9H10F2O2S. The summed E-state index contributed by atoms with van der Waals surface area (Å²) in [7, 11) is -3.19. The second-order valence-corrected chi connectivity index (χ2v) is 5.28. The highest BCUT2D eigenvalue weighted by atomic mass is 32.2. The van der Waals surface area contributed by atoms with Gasteiger partial charge in [0.1, 0.15) is 0 Å². The molecule has 0 fully saturated rings. The van der Waals surface area contributed by atoms with E-state index in [0.717, 1.165) is 12.1 Å². The lowest BCUT2D eigenvalue weighted by molar-refractivity contribution is 0.507. The molecule has 0 bridgehead atoms. The summed E-state index contributed by atoms with van der Waals surface area (Å²) < 4.78 is 47.5. The largest absolute Gasteiger partial charge is 0.229 e. The van der Waals surface area contributed by atoms with Crippen LogP contribution in [0.5, 0.6) is 0 Å². The van der Waals surface area contributed by atoms with Gasteiger partial charge in [-0.3, -0.25) is 0 Å². The molecule has 0 aromatic heterocycles. The Balaban J connectivity index is 2.94. The van der Waals surface area contributed by atoms with Crippen molar-refractivity contribution in [2.45, 2.75) is 12.7 Å². The summed E-state index contributed by atoms with van der Waals surface area (Å²) in [6.45, 7) is 1.51. The summed E-state index contributed by atoms with van der Waals surface area (Å²) in [4.78, 5) is 0. The van der Waals surface area contributed by atoms with Gasteiger partial charge in [-0.1, -0.05) is 13.0 Å². The van der Waals surface area contributed by atoms with Crippen LogP contribution in [0.15, 0.2) is 18.2 Å². The Morgan fingerprint density at radius 3 is 2.36 bits per heavy atom. The third-order valence-corrected chi connectivity index (χ3v) is 3.46. The van der Waals surface area contributed by atoms with Gasteiger partial charge in [-0.05, 0) is 17.7 Å². The normalized spacial score (nSPS) is 11.6. The molecule has 0 amide bonds. The van der Waals surface area contributed by atoms with Crippen molar-refractivity contribution in [3.63, 3.8) is 0 Å². The Kier molecular flexibility index (Phi) is 3.21. The number of benzene rings is 1. The predicted molar refractivity (Wildman–Crippen MR) is 49.5 cm³/mol. The van der Waals surface area contributed by atoms with Gasteiger partial charge < -0.3 is 0 Å². The van der Waals surface area contributed by atoms with Gasteiger partial charge in [-0.2, -0.15) is 0 Å². The highest BCUT2D eigenvalue weighted by Crippen LogP contribution is 2.11. The van der Waals surface area contributed by atoms with Crippen molar-refractivity contribution in [3.8, 4) is 0 Å². The van der Waals surface area contributed by atoms with Crippen LogP contribution in [-0.2, 0) is 15.6 Å². The van der Waals surface area contributed by atoms with E-state index >= 15 is 0 Å². The summed E-state index contributed by atoms with van der Waals surface area (Å²) in [6.07, 6.45) is 0. The van der Waals surface area contributed by atoms with Crippen LogP contribution in [0.1, 0.15) is 12.5 Å². The first-order valence-electron chi connectivity index (χ1n) is 4.09. The summed E-state index contributed by atoms with van der Waals surface area (Å²) in [5, 5.41) is 0. The first-order valence-corrected chi connectivity index (χ1v) is 5.91. The molecule has 14 heavy (non-hydrogen) atoms. The molecule has 0 radical (unpaired) electrons. The van der Waals surface area contributed by atoms with Crippen molar-refractivity contribution in [3.05, 3.63) is 35.4 Å². The summed E-state index contributed by atoms with van der Waals surface area (Å²) in [6, 6.07) is 3.10. The second kappa shape index (κ2) is 4.04. The quantitative estimate of drug-likeness (QED) is 0.779. The van der Waals surface area contributed by atoms with Crippen LogP contribution in [0.3, 0.4) is 0 Å². The smallest absolute Gasteiger partial charge is 0.159 e. The molecular weight excluding hydrogens is 210 g/mol. The monoisotopic (exact) mass is 220 g/mol. The summed E-state index contributed by atoms with van der Waals surface area (Å²) in [5.74, 6) is -2.25. The van der Waals surface area contributed by atoms with Gasteiger partial charge in [-0.15, -0.1) is 0 Å². The minimum absolute atomic E-state index is 0.00794. The van der Waals surface area contributed by atoms with Gasteiger partial charge >= 0.3 is 0 Å². The molecule has 0 unspecified atom stereocenters. The molecule has 2 nitrogen and oxygen atoms in total. The van der Waals surface area contributed by atoms with E-state index in [1.807, 2.05) is 0 Å². The average Bonchev–Trinajstić information content (AvgIpc) is 2.11. The van der Waals surface area contributed by atoms with Gasteiger partial charge in [0.25, 0.3) is 0 Å². The molecule has 5 heteroatoms. The molecule has 0 spiro atoms. The van der Waals surface area contributed by atoms with Crippen molar-refractivity contribution >= 4 is 9.84 Å². The molecule has 0 saturated heterocycles. The highest BCUT2D eigenvalue weighted by Gasteiger charge is 2.10. The van der Waals surface area contributed by atoms with E-state index in [1.54, 1.807) is 0 Å². The molecule has 78 valence electrons. The van der Waals surface area contributed by atoms with E-state index in [9.17, 15) is 17.2 Å². The second-order valence-electron chi connectivity index (χ2n) is 2.93. The maximum Gasteiger partial charge on any atom is 0.159 e. The van der Waals surface area contributed by atoms with Gasteiger partial charge in [-0.25, -0.2) is 17.2 Å². The molecule has 1 aromatic rings. The Labute approximate surface area is 81.5 Å². The first-order chi connectivity index (χ1) is 6.44.